The van der Waals surface area contributed by atoms with Crippen LogP contribution in [0.5, 0.6) is 0 Å². The number of benzene rings is 1. The van der Waals surface area contributed by atoms with Crippen LogP contribution in [-0.4, -0.2) is 64.3 Å². The summed E-state index contributed by atoms with van der Waals surface area (Å²) in [6.45, 7) is 2.56. The maximum atomic E-state index is 12.9. The number of nitrogens with zero attached hydrogens (tertiary/aromatic N) is 1. The van der Waals surface area contributed by atoms with E-state index in [1.165, 1.54) is 7.11 Å². The Kier molecular flexibility index (Phi) is 10.1. The van der Waals surface area contributed by atoms with Crippen LogP contribution in [0, 0.1) is 5.92 Å². The second kappa shape index (κ2) is 11.6. The van der Waals surface area contributed by atoms with Gasteiger partial charge in [-0.3, -0.25) is 13.5 Å². The predicted octanol–water partition coefficient (Wildman–Crippen LogP) is 2.33. The van der Waals surface area contributed by atoms with Gasteiger partial charge in [-0.05, 0) is 37.8 Å². The minimum Gasteiger partial charge on any atom is -0.726 e. The summed E-state index contributed by atoms with van der Waals surface area (Å²) in [5.74, 6) is -0.526. The molecule has 0 aliphatic heterocycles. The molecule has 1 saturated carbocycles. The first-order chi connectivity index (χ1) is 14.4. The van der Waals surface area contributed by atoms with Crippen molar-refractivity contribution in [2.45, 2.75) is 44.8 Å². The molecule has 1 aromatic rings. The Morgan fingerprint density at radius 2 is 1.65 bits per heavy atom. The lowest BCUT2D eigenvalue weighted by atomic mass is 9.98. The topological polar surface area (TPSA) is 119 Å². The molecular formula is C21H33NO8S. The summed E-state index contributed by atoms with van der Waals surface area (Å²) in [5.41, 5.74) is -0.867. The van der Waals surface area contributed by atoms with Gasteiger partial charge in [0.25, 0.3) is 0 Å². The molecule has 1 aliphatic carbocycles. The van der Waals surface area contributed by atoms with E-state index < -0.39 is 22.1 Å². The van der Waals surface area contributed by atoms with Gasteiger partial charge < -0.3 is 14.0 Å². The summed E-state index contributed by atoms with van der Waals surface area (Å²) in [5, 5.41) is 0. The number of methoxy groups -OCH3 is 1. The van der Waals surface area contributed by atoms with Crippen LogP contribution < -0.4 is 0 Å². The molecule has 31 heavy (non-hydrogen) atoms. The highest BCUT2D eigenvalue weighted by atomic mass is 32.3. The van der Waals surface area contributed by atoms with Crippen molar-refractivity contribution in [3.63, 3.8) is 0 Å². The average molecular weight is 460 g/mol. The molecule has 0 spiro atoms. The minimum absolute atomic E-state index is 0.167. The highest BCUT2D eigenvalue weighted by molar-refractivity contribution is 7.80. The lowest BCUT2D eigenvalue weighted by molar-refractivity contribution is -0.961. The molecule has 1 fully saturated rings. The van der Waals surface area contributed by atoms with Crippen LogP contribution in [0.4, 0.5) is 0 Å². The first-order valence-corrected chi connectivity index (χ1v) is 11.5. The fraction of sp³-hybridized carbons (Fsp3) is 0.619. The van der Waals surface area contributed by atoms with Crippen molar-refractivity contribution in [3.8, 4) is 0 Å². The number of esters is 2. The van der Waals surface area contributed by atoms with Crippen LogP contribution >= 0.6 is 0 Å². The third kappa shape index (κ3) is 7.27. The molecule has 1 atom stereocenters. The number of hydrogen-bond acceptors (Lipinski definition) is 8. The number of ether oxygens (including phenoxy) is 2. The summed E-state index contributed by atoms with van der Waals surface area (Å²) >= 11 is 0. The van der Waals surface area contributed by atoms with E-state index in [2.05, 4.69) is 4.18 Å². The Labute approximate surface area is 184 Å². The zero-order chi connectivity index (χ0) is 23.7. The second-order valence-corrected chi connectivity index (χ2v) is 9.06. The molecule has 0 bridgehead atoms. The maximum Gasteiger partial charge on any atom is 0.416 e. The molecule has 176 valence electrons. The van der Waals surface area contributed by atoms with E-state index in [4.69, 9.17) is 9.47 Å². The van der Waals surface area contributed by atoms with Crippen LogP contribution in [0.15, 0.2) is 30.3 Å². The van der Waals surface area contributed by atoms with Crippen LogP contribution in [0.25, 0.3) is 0 Å². The quantitative estimate of drug-likeness (QED) is 0.191. The molecular weight excluding hydrogens is 426 g/mol. The van der Waals surface area contributed by atoms with Gasteiger partial charge in [-0.25, -0.2) is 13.2 Å². The Bertz CT molecular complexity index is 819. The fourth-order valence-corrected chi connectivity index (χ4v) is 3.62. The molecule has 0 amide bonds. The Morgan fingerprint density at radius 1 is 1.13 bits per heavy atom. The lowest BCUT2D eigenvalue weighted by Crippen LogP contribution is -2.64. The molecule has 1 unspecified atom stereocenters. The summed E-state index contributed by atoms with van der Waals surface area (Å²) in [6.07, 6.45) is 4.79. The third-order valence-electron chi connectivity index (χ3n) is 5.67. The van der Waals surface area contributed by atoms with Gasteiger partial charge >= 0.3 is 17.7 Å². The summed E-state index contributed by atoms with van der Waals surface area (Å²) in [7, 11) is 1.49. The predicted molar refractivity (Wildman–Crippen MR) is 112 cm³/mol. The highest BCUT2D eigenvalue weighted by Gasteiger charge is 2.58. The molecule has 0 heterocycles. The van der Waals surface area contributed by atoms with E-state index in [1.54, 1.807) is 0 Å². The highest BCUT2D eigenvalue weighted by Crippen LogP contribution is 2.37. The number of hydrogen-bond donors (Lipinski definition) is 0. The molecule has 1 aromatic carbocycles. The molecule has 1 aliphatic rings. The standard InChI is InChI=1S/C20H30NO4.CH4O4S/c1-5-21(2,3)20(19(23)24-4,17-13-7-6-8-14-17)25-18(22)15-16-11-9-10-12-16;1-5-6(2,3)4/h6-8,13-14,16H,5,9-12,15H2,1-4H3;1H3,(H,2,3,4)/q+1;/p-1. The molecule has 0 N–H and O–H groups in total. The van der Waals surface area contributed by atoms with Crippen molar-refractivity contribution in [1.29, 1.82) is 0 Å². The smallest absolute Gasteiger partial charge is 0.416 e. The Balaban J connectivity index is 0.000000703. The first kappa shape index (κ1) is 27.0. The second-order valence-electron chi connectivity index (χ2n) is 7.91. The average Bonchev–Trinajstić information content (AvgIpc) is 3.24. The van der Waals surface area contributed by atoms with Gasteiger partial charge in [0, 0.05) is 6.42 Å². The molecule has 0 aromatic heterocycles. The molecule has 9 nitrogen and oxygen atoms in total. The molecule has 2 rings (SSSR count). The molecule has 0 saturated heterocycles. The van der Waals surface area contributed by atoms with E-state index >= 15 is 0 Å². The van der Waals surface area contributed by atoms with E-state index in [-0.39, 0.29) is 10.5 Å². The van der Waals surface area contributed by atoms with Crippen molar-refractivity contribution < 1.29 is 40.7 Å². The van der Waals surface area contributed by atoms with Crippen LogP contribution in [0.1, 0.15) is 44.6 Å². The van der Waals surface area contributed by atoms with E-state index in [1.807, 2.05) is 51.4 Å². The zero-order valence-corrected chi connectivity index (χ0v) is 19.6. The van der Waals surface area contributed by atoms with Gasteiger partial charge in [-0.15, -0.1) is 0 Å². The normalized spacial score (nSPS) is 16.6. The minimum atomic E-state index is -4.41. The molecule has 10 heteroatoms. The maximum absolute atomic E-state index is 12.9. The van der Waals surface area contributed by atoms with Crippen molar-refractivity contribution in [1.82, 2.24) is 0 Å². The fourth-order valence-electron chi connectivity index (χ4n) is 3.62. The molecule has 0 radical (unpaired) electrons. The number of carbonyl (C=O) groups is 2. The van der Waals surface area contributed by atoms with Crippen LogP contribution in [0.3, 0.4) is 0 Å². The number of rotatable bonds is 8. The largest absolute Gasteiger partial charge is 0.726 e. The van der Waals surface area contributed by atoms with E-state index in [0.717, 1.165) is 32.8 Å². The first-order valence-electron chi connectivity index (χ1n) is 10.1. The SMILES string of the molecule is CC[N+](C)(C)C(OC(=O)CC1CCCC1)(C(=O)OC)c1ccccc1.COS(=O)(=O)[O-]. The summed E-state index contributed by atoms with van der Waals surface area (Å²) < 4.78 is 42.2. The zero-order valence-electron chi connectivity index (χ0n) is 18.8. The number of carbonyl (C=O) groups excluding carboxylic acids is 2. The van der Waals surface area contributed by atoms with Gasteiger partial charge in [-0.2, -0.15) is 0 Å². The third-order valence-corrected chi connectivity index (χ3v) is 6.07. The summed E-state index contributed by atoms with van der Waals surface area (Å²) in [4.78, 5) is 25.6. The van der Waals surface area contributed by atoms with E-state index in [0.29, 0.717) is 24.4 Å². The lowest BCUT2D eigenvalue weighted by Gasteiger charge is -2.44. The van der Waals surface area contributed by atoms with Gasteiger partial charge in [0.1, 0.15) is 0 Å². The van der Waals surface area contributed by atoms with Crippen molar-refractivity contribution in [2.24, 2.45) is 5.92 Å². The summed E-state index contributed by atoms with van der Waals surface area (Å²) in [6, 6.07) is 9.18. The van der Waals surface area contributed by atoms with Gasteiger partial charge in [0.15, 0.2) is 0 Å². The van der Waals surface area contributed by atoms with Gasteiger partial charge in [0.05, 0.1) is 40.4 Å². The monoisotopic (exact) mass is 459 g/mol. The van der Waals surface area contributed by atoms with Crippen LogP contribution in [0.2, 0.25) is 0 Å². The number of quaternary nitrogens is 1. The number of likely N-dealkylation sites (N-methyl/N-ethyl adjacent to an activating group) is 1. The van der Waals surface area contributed by atoms with Gasteiger partial charge in [-0.1, -0.05) is 31.0 Å². The van der Waals surface area contributed by atoms with E-state index in [9.17, 15) is 22.6 Å². The van der Waals surface area contributed by atoms with Crippen molar-refractivity contribution in [2.75, 3.05) is 34.9 Å². The van der Waals surface area contributed by atoms with Crippen LogP contribution in [-0.2, 0) is 39.4 Å². The Morgan fingerprint density at radius 3 is 2.06 bits per heavy atom. The van der Waals surface area contributed by atoms with Crippen molar-refractivity contribution >= 4 is 22.3 Å². The van der Waals surface area contributed by atoms with Crippen molar-refractivity contribution in [3.05, 3.63) is 35.9 Å². The van der Waals surface area contributed by atoms with Gasteiger partial charge in [0.2, 0.25) is 10.4 Å². The Hall–Kier alpha value is -2.01.